The van der Waals surface area contributed by atoms with Crippen LogP contribution < -0.4 is 0 Å². The largest absolute Gasteiger partial charge is 0.289 e. The SMILES string of the molecule is Cc1ccc(C2(c3ccc(C)cc3)c3cc(-c4ccc(/C=C5\C(=O)c6ccccc6C5=C(C#N)C#N)s4)ccc3-c3cc4c(cc32)-c2ccc(-c3ccc(CC/C=C5\C(=O)c6ccccc6C5=C(C#N)C#N)s3)cc2C4(c2ccc(C)cc2)c2ccc(C)cc2)cc1. The zero-order valence-corrected chi connectivity index (χ0v) is 52.4. The van der Waals surface area contributed by atoms with E-state index < -0.39 is 10.8 Å². The highest BCUT2D eigenvalue weighted by Gasteiger charge is 2.52. The van der Waals surface area contributed by atoms with Crippen molar-refractivity contribution in [3.8, 4) is 67.4 Å². The maximum absolute atomic E-state index is 14.1. The van der Waals surface area contributed by atoms with E-state index in [0.29, 0.717) is 57.4 Å². The van der Waals surface area contributed by atoms with Crippen molar-refractivity contribution in [1.29, 1.82) is 21.0 Å². The van der Waals surface area contributed by atoms with Gasteiger partial charge in [-0.25, -0.2) is 0 Å². The van der Waals surface area contributed by atoms with Gasteiger partial charge in [-0.2, -0.15) is 21.0 Å². The molecule has 0 atom stereocenters. The number of carbonyl (C=O) groups is 2. The summed E-state index contributed by atoms with van der Waals surface area (Å²) in [5.74, 6) is -0.369. The summed E-state index contributed by atoms with van der Waals surface area (Å²) >= 11 is 3.32. The highest BCUT2D eigenvalue weighted by molar-refractivity contribution is 7.16. The minimum Gasteiger partial charge on any atom is -0.289 e. The second kappa shape index (κ2) is 22.3. The van der Waals surface area contributed by atoms with Crippen LogP contribution in [0.5, 0.6) is 0 Å². The van der Waals surface area contributed by atoms with Gasteiger partial charge in [0.15, 0.2) is 11.6 Å². The molecule has 0 amide bonds. The Bertz CT molecular complexity index is 5200. The van der Waals surface area contributed by atoms with Crippen LogP contribution in [0.1, 0.15) is 115 Å². The Hall–Kier alpha value is -11.4. The van der Waals surface area contributed by atoms with Crippen LogP contribution in [-0.2, 0) is 17.3 Å². The van der Waals surface area contributed by atoms with Crippen molar-refractivity contribution < 1.29 is 9.59 Å². The zero-order chi connectivity index (χ0) is 63.2. The minimum atomic E-state index is -0.783. The Labute approximate surface area is 542 Å². The lowest BCUT2D eigenvalue weighted by molar-refractivity contribution is 0.103. The summed E-state index contributed by atoms with van der Waals surface area (Å²) in [4.78, 5) is 32.0. The third-order valence-electron chi connectivity index (χ3n) is 19.1. The van der Waals surface area contributed by atoms with Crippen LogP contribution in [0, 0.1) is 73.0 Å². The predicted octanol–water partition coefficient (Wildman–Crippen LogP) is 19.7. The Balaban J connectivity index is 0.901. The van der Waals surface area contributed by atoms with Gasteiger partial charge in [-0.1, -0.05) is 198 Å². The van der Waals surface area contributed by atoms with E-state index >= 15 is 0 Å². The van der Waals surface area contributed by atoms with E-state index in [4.69, 9.17) is 0 Å². The number of Topliss-reactive ketones (excluding diaryl/α,β-unsaturated/α-hetero) is 2. The molecular formula is C84H54N4O2S2. The van der Waals surface area contributed by atoms with Crippen LogP contribution in [0.15, 0.2) is 247 Å². The van der Waals surface area contributed by atoms with Gasteiger partial charge in [-0.3, -0.25) is 9.59 Å². The fourth-order valence-electron chi connectivity index (χ4n) is 14.7. The fourth-order valence-corrected chi connectivity index (χ4v) is 16.7. The maximum Gasteiger partial charge on any atom is 0.194 e. The molecule has 4 aliphatic carbocycles. The summed E-state index contributed by atoms with van der Waals surface area (Å²) in [6.45, 7) is 8.56. The first-order chi connectivity index (χ1) is 44.9. The van der Waals surface area contributed by atoms with Crippen molar-refractivity contribution >= 4 is 51.5 Å². The van der Waals surface area contributed by atoms with E-state index in [1.165, 1.54) is 55.6 Å². The monoisotopic (exact) mass is 1210 g/mol. The molecule has 0 radical (unpaired) electrons. The maximum atomic E-state index is 14.1. The molecule has 0 saturated heterocycles. The van der Waals surface area contributed by atoms with Gasteiger partial charge in [-0.15, -0.1) is 22.7 Å². The van der Waals surface area contributed by atoms with E-state index in [0.717, 1.165) is 64.0 Å². The number of benzene rings is 9. The van der Waals surface area contributed by atoms with E-state index in [2.05, 4.69) is 204 Å². The number of ketones is 2. The molecule has 0 bridgehead atoms. The predicted molar refractivity (Wildman–Crippen MR) is 369 cm³/mol. The van der Waals surface area contributed by atoms with Crippen molar-refractivity contribution in [1.82, 2.24) is 0 Å². The number of rotatable bonds is 10. The minimum absolute atomic E-state index is 0.0595. The number of carbonyl (C=O) groups excluding carboxylic acids is 2. The van der Waals surface area contributed by atoms with Crippen LogP contribution >= 0.6 is 22.7 Å². The number of nitriles is 4. The van der Waals surface area contributed by atoms with Crippen LogP contribution in [0.3, 0.4) is 0 Å². The van der Waals surface area contributed by atoms with Crippen LogP contribution in [0.2, 0.25) is 0 Å². The summed E-state index contributed by atoms with van der Waals surface area (Å²) in [5, 5.41) is 40.1. The lowest BCUT2D eigenvalue weighted by Gasteiger charge is -2.36. The molecule has 11 aromatic rings. The molecule has 0 spiro atoms. The lowest BCUT2D eigenvalue weighted by Crippen LogP contribution is -2.30. The van der Waals surface area contributed by atoms with Crippen molar-refractivity contribution in [2.24, 2.45) is 0 Å². The van der Waals surface area contributed by atoms with E-state index in [-0.39, 0.29) is 22.7 Å². The second-order valence-electron chi connectivity index (χ2n) is 24.3. The van der Waals surface area contributed by atoms with Gasteiger partial charge in [-0.05, 0) is 184 Å². The number of aryl methyl sites for hydroxylation is 5. The molecule has 0 saturated carbocycles. The summed E-state index contributed by atoms with van der Waals surface area (Å²) in [6, 6.07) is 86.4. The smallest absolute Gasteiger partial charge is 0.194 e. The average Bonchev–Trinajstić information content (AvgIpc) is 1.50. The first kappa shape index (κ1) is 57.1. The Morgan fingerprint density at radius 2 is 0.772 bits per heavy atom. The Morgan fingerprint density at radius 3 is 1.21 bits per heavy atom. The summed E-state index contributed by atoms with van der Waals surface area (Å²) in [7, 11) is 0. The van der Waals surface area contributed by atoms with Gasteiger partial charge in [0.2, 0.25) is 0 Å². The van der Waals surface area contributed by atoms with E-state index in [1.54, 1.807) is 46.9 Å². The number of hydrogen-bond acceptors (Lipinski definition) is 8. The molecule has 0 fully saturated rings. The fraction of sp³-hybridized carbons (Fsp3) is 0.0952. The Kier molecular flexibility index (Phi) is 13.8. The summed E-state index contributed by atoms with van der Waals surface area (Å²) in [6.07, 6.45) is 4.96. The molecule has 8 heteroatoms. The molecule has 434 valence electrons. The van der Waals surface area contributed by atoms with Crippen molar-refractivity contribution in [3.63, 3.8) is 0 Å². The number of hydrogen-bond donors (Lipinski definition) is 0. The second-order valence-corrected chi connectivity index (χ2v) is 26.6. The highest BCUT2D eigenvalue weighted by atomic mass is 32.1. The van der Waals surface area contributed by atoms with E-state index in [1.807, 2.05) is 54.6 Å². The van der Waals surface area contributed by atoms with Gasteiger partial charge in [0, 0.05) is 52.9 Å². The topological polar surface area (TPSA) is 129 Å². The van der Waals surface area contributed by atoms with E-state index in [9.17, 15) is 30.6 Å². The van der Waals surface area contributed by atoms with Gasteiger partial charge in [0.25, 0.3) is 0 Å². The van der Waals surface area contributed by atoms with Crippen molar-refractivity contribution in [2.45, 2.75) is 51.4 Å². The zero-order valence-electron chi connectivity index (χ0n) is 50.8. The number of fused-ring (bicyclic) bond motifs is 8. The van der Waals surface area contributed by atoms with Crippen LogP contribution in [0.25, 0.3) is 60.4 Å². The summed E-state index contributed by atoms with van der Waals surface area (Å²) in [5.41, 5.74) is 22.9. The molecule has 2 aromatic heterocycles. The lowest BCUT2D eigenvalue weighted by atomic mass is 9.65. The Morgan fingerprint density at radius 1 is 0.391 bits per heavy atom. The molecule has 0 aliphatic heterocycles. The first-order valence-electron chi connectivity index (χ1n) is 30.6. The molecule has 92 heavy (non-hydrogen) atoms. The highest BCUT2D eigenvalue weighted by Crippen LogP contribution is 2.64. The van der Waals surface area contributed by atoms with Gasteiger partial charge in [0.1, 0.15) is 35.4 Å². The van der Waals surface area contributed by atoms with Crippen LogP contribution in [-0.4, -0.2) is 11.6 Å². The molecular weight excluding hydrogens is 1160 g/mol. The van der Waals surface area contributed by atoms with Gasteiger partial charge in [0.05, 0.1) is 10.8 Å². The van der Waals surface area contributed by atoms with Crippen molar-refractivity contribution in [3.05, 3.63) is 346 Å². The first-order valence-corrected chi connectivity index (χ1v) is 32.3. The molecule has 2 heterocycles. The van der Waals surface area contributed by atoms with Crippen molar-refractivity contribution in [2.75, 3.05) is 0 Å². The quantitative estimate of drug-likeness (QED) is 0.0990. The summed E-state index contributed by atoms with van der Waals surface area (Å²) < 4.78 is 0. The molecule has 4 aliphatic rings. The molecule has 0 N–H and O–H groups in total. The van der Waals surface area contributed by atoms with Gasteiger partial charge >= 0.3 is 0 Å². The standard InChI is InChI=1S/C84H54N4O2S2/c1-49-16-26-57(27-17-49)83(58-28-18-50(2)19-29-58)73-40-53(77-38-34-61(91-77)10-9-15-69-79(55(45-85)46-86)65-11-5-7-13-67(65)81(69)89)24-36-63(73)70-43-76-71(44-75(70)83)64-37-25-54(41-74(64)84(76,59-30-20-51(3)21-31-59)60-32-22-52(4)23-33-60)78-39-35-62(92-78)42-72-80(56(47-87)48-88)66-12-6-8-14-68(66)82(72)90/h5-8,11-44H,9-10H2,1-4H3/b69-15-,72-42-. The van der Waals surface area contributed by atoms with Gasteiger partial charge < -0.3 is 0 Å². The molecule has 9 aromatic carbocycles. The number of thiophene rings is 2. The van der Waals surface area contributed by atoms with Crippen LogP contribution in [0.4, 0.5) is 0 Å². The molecule has 15 rings (SSSR count). The number of allylic oxidation sites excluding steroid dienone is 7. The normalized spacial score (nSPS) is 15.0. The molecule has 6 nitrogen and oxygen atoms in total. The third-order valence-corrected chi connectivity index (χ3v) is 21.3. The third kappa shape index (κ3) is 8.76. The number of nitrogens with zero attached hydrogens (tertiary/aromatic N) is 4. The average molecular weight is 1220 g/mol. The molecule has 0 unspecified atom stereocenters.